The first-order valence-corrected chi connectivity index (χ1v) is 8.04. The van der Waals surface area contributed by atoms with Gasteiger partial charge in [-0.05, 0) is 18.9 Å². The van der Waals surface area contributed by atoms with Crippen molar-refractivity contribution >= 4 is 0 Å². The molecule has 1 N–H and O–H groups in total. The van der Waals surface area contributed by atoms with E-state index in [-0.39, 0.29) is 0 Å². The zero-order valence-corrected chi connectivity index (χ0v) is 12.7. The van der Waals surface area contributed by atoms with Crippen LogP contribution >= 0.6 is 0 Å². The highest BCUT2D eigenvalue weighted by atomic mass is 16.2. The Hall–Kier alpha value is -0.980. The van der Waals surface area contributed by atoms with Crippen molar-refractivity contribution in [1.29, 1.82) is 0 Å². The van der Waals surface area contributed by atoms with Crippen LogP contribution in [0.4, 0.5) is 0 Å². The topological polar surface area (TPSA) is 20.2 Å². The molecule has 0 heterocycles. The van der Waals surface area contributed by atoms with Gasteiger partial charge < -0.3 is 5.11 Å². The molecule has 0 aromatic heterocycles. The second kappa shape index (κ2) is 17.0. The fraction of sp³-hybridized carbons (Fsp3) is 0.667. The van der Waals surface area contributed by atoms with E-state index in [1.54, 1.807) is 6.08 Å². The van der Waals surface area contributed by atoms with Gasteiger partial charge in [0.1, 0.15) is 0 Å². The molecule has 0 saturated carbocycles. The maximum absolute atomic E-state index is 8.41. The minimum absolute atomic E-state index is 1.05. The minimum atomic E-state index is 1.05. The van der Waals surface area contributed by atoms with Gasteiger partial charge in [0.05, 0.1) is 6.26 Å². The largest absolute Gasteiger partial charge is 0.516 e. The molecule has 0 aromatic rings. The molecule has 0 amide bonds. The van der Waals surface area contributed by atoms with Crippen LogP contribution in [0.15, 0.2) is 36.6 Å². The van der Waals surface area contributed by atoms with Crippen molar-refractivity contribution in [3.63, 3.8) is 0 Å². The van der Waals surface area contributed by atoms with Gasteiger partial charge in [-0.1, -0.05) is 89.0 Å². The Balaban J connectivity index is 3.10. The summed E-state index contributed by atoms with van der Waals surface area (Å²) in [6.07, 6.45) is 25.8. The first-order chi connectivity index (χ1) is 9.41. The van der Waals surface area contributed by atoms with Crippen LogP contribution in [-0.4, -0.2) is 5.11 Å². The van der Waals surface area contributed by atoms with E-state index in [0.717, 1.165) is 6.26 Å². The third kappa shape index (κ3) is 17.0. The lowest BCUT2D eigenvalue weighted by Crippen LogP contribution is -1.81. The molecule has 0 spiro atoms. The number of aliphatic hydroxyl groups excluding tert-OH is 1. The molecule has 0 bridgehead atoms. The van der Waals surface area contributed by atoms with Gasteiger partial charge in [-0.2, -0.15) is 0 Å². The van der Waals surface area contributed by atoms with Gasteiger partial charge in [0.15, 0.2) is 0 Å². The Morgan fingerprint density at radius 1 is 0.632 bits per heavy atom. The first kappa shape index (κ1) is 18.0. The van der Waals surface area contributed by atoms with E-state index in [1.165, 1.54) is 70.6 Å². The number of allylic oxidation sites excluding steroid dienone is 5. The van der Waals surface area contributed by atoms with Crippen LogP contribution < -0.4 is 0 Å². The monoisotopic (exact) mass is 264 g/mol. The van der Waals surface area contributed by atoms with Crippen LogP contribution in [0.3, 0.4) is 0 Å². The molecular formula is C18H32O. The van der Waals surface area contributed by atoms with Gasteiger partial charge in [-0.25, -0.2) is 0 Å². The Labute approximate surface area is 120 Å². The molecule has 19 heavy (non-hydrogen) atoms. The second-order valence-electron chi connectivity index (χ2n) is 5.13. The lowest BCUT2D eigenvalue weighted by Gasteiger charge is -2.01. The van der Waals surface area contributed by atoms with Crippen LogP contribution in [0.5, 0.6) is 0 Å². The normalized spacial score (nSPS) is 12.3. The molecule has 0 saturated heterocycles. The summed E-state index contributed by atoms with van der Waals surface area (Å²) in [4.78, 5) is 0. The van der Waals surface area contributed by atoms with Gasteiger partial charge in [0.25, 0.3) is 0 Å². The van der Waals surface area contributed by atoms with Crippen molar-refractivity contribution in [2.75, 3.05) is 0 Å². The van der Waals surface area contributed by atoms with Gasteiger partial charge in [0.2, 0.25) is 0 Å². The maximum Gasteiger partial charge on any atom is 0.0791 e. The van der Waals surface area contributed by atoms with Crippen molar-refractivity contribution < 1.29 is 5.11 Å². The van der Waals surface area contributed by atoms with E-state index in [4.69, 9.17) is 5.11 Å². The number of aliphatic hydroxyl groups is 1. The second-order valence-corrected chi connectivity index (χ2v) is 5.13. The molecule has 0 aliphatic rings. The van der Waals surface area contributed by atoms with E-state index in [0.29, 0.717) is 0 Å². The lowest BCUT2D eigenvalue weighted by molar-refractivity contribution is 0.474. The highest BCUT2D eigenvalue weighted by molar-refractivity contribution is 5.09. The summed E-state index contributed by atoms with van der Waals surface area (Å²) in [7, 11) is 0. The molecular weight excluding hydrogens is 232 g/mol. The maximum atomic E-state index is 8.41. The molecule has 1 nitrogen and oxygen atoms in total. The molecule has 0 fully saturated rings. The Morgan fingerprint density at radius 3 is 1.74 bits per heavy atom. The van der Waals surface area contributed by atoms with Gasteiger partial charge >= 0.3 is 0 Å². The standard InChI is InChI=1S/C18H32O/c1-2-3-4-5-6-7-8-9-10-11-12-13-14-15-16-17-18-19/h13-19H,2-12H2,1H3/b14-13-,16-15-,18-17-. The number of unbranched alkanes of at least 4 members (excludes halogenated alkanes) is 10. The summed E-state index contributed by atoms with van der Waals surface area (Å²) >= 11 is 0. The first-order valence-electron chi connectivity index (χ1n) is 8.04. The Morgan fingerprint density at radius 2 is 1.16 bits per heavy atom. The van der Waals surface area contributed by atoms with Crippen LogP contribution in [0.25, 0.3) is 0 Å². The molecule has 1 heteroatoms. The fourth-order valence-electron chi connectivity index (χ4n) is 2.10. The van der Waals surface area contributed by atoms with Crippen molar-refractivity contribution in [3.05, 3.63) is 36.6 Å². The number of rotatable bonds is 13. The summed E-state index contributed by atoms with van der Waals surface area (Å²) in [5.74, 6) is 0. The summed E-state index contributed by atoms with van der Waals surface area (Å²) in [6, 6.07) is 0. The molecule has 0 unspecified atom stereocenters. The fourth-order valence-corrected chi connectivity index (χ4v) is 2.10. The van der Waals surface area contributed by atoms with E-state index in [1.807, 2.05) is 18.2 Å². The molecule has 0 rings (SSSR count). The highest BCUT2D eigenvalue weighted by Gasteiger charge is 1.91. The molecule has 0 atom stereocenters. The Bertz CT molecular complexity index is 238. The van der Waals surface area contributed by atoms with Gasteiger partial charge in [-0.3, -0.25) is 0 Å². The molecule has 110 valence electrons. The smallest absolute Gasteiger partial charge is 0.0791 e. The Kier molecular flexibility index (Phi) is 16.1. The van der Waals surface area contributed by atoms with E-state index in [2.05, 4.69) is 13.0 Å². The van der Waals surface area contributed by atoms with Crippen molar-refractivity contribution in [3.8, 4) is 0 Å². The summed E-state index contributed by atoms with van der Waals surface area (Å²) < 4.78 is 0. The predicted molar refractivity (Wildman–Crippen MR) is 86.5 cm³/mol. The highest BCUT2D eigenvalue weighted by Crippen LogP contribution is 2.11. The average molecular weight is 264 g/mol. The molecule has 0 radical (unpaired) electrons. The van der Waals surface area contributed by atoms with Crippen LogP contribution in [0, 0.1) is 0 Å². The number of hydrogen-bond donors (Lipinski definition) is 1. The van der Waals surface area contributed by atoms with Crippen molar-refractivity contribution in [2.45, 2.75) is 77.6 Å². The lowest BCUT2D eigenvalue weighted by atomic mass is 10.1. The molecule has 0 aromatic carbocycles. The van der Waals surface area contributed by atoms with Gasteiger partial charge in [-0.15, -0.1) is 0 Å². The van der Waals surface area contributed by atoms with E-state index >= 15 is 0 Å². The SMILES string of the molecule is CCCCCCCCCCCC\C=C/C=C\C=C/O. The van der Waals surface area contributed by atoms with Crippen LogP contribution in [0.1, 0.15) is 77.6 Å². The minimum Gasteiger partial charge on any atom is -0.516 e. The predicted octanol–water partition coefficient (Wildman–Crippen LogP) is 6.48. The van der Waals surface area contributed by atoms with Crippen molar-refractivity contribution in [2.24, 2.45) is 0 Å². The van der Waals surface area contributed by atoms with E-state index < -0.39 is 0 Å². The molecule has 0 aliphatic heterocycles. The third-order valence-electron chi connectivity index (χ3n) is 3.28. The van der Waals surface area contributed by atoms with Gasteiger partial charge in [0, 0.05) is 0 Å². The summed E-state index contributed by atoms with van der Waals surface area (Å²) in [6.45, 7) is 2.27. The van der Waals surface area contributed by atoms with E-state index in [9.17, 15) is 0 Å². The summed E-state index contributed by atoms with van der Waals surface area (Å²) in [5, 5.41) is 8.41. The quantitative estimate of drug-likeness (QED) is 0.229. The van der Waals surface area contributed by atoms with Crippen LogP contribution in [0.2, 0.25) is 0 Å². The number of hydrogen-bond acceptors (Lipinski definition) is 1. The average Bonchev–Trinajstić information content (AvgIpc) is 2.43. The zero-order chi connectivity index (χ0) is 14.0. The van der Waals surface area contributed by atoms with Crippen LogP contribution in [-0.2, 0) is 0 Å². The zero-order valence-electron chi connectivity index (χ0n) is 12.7. The summed E-state index contributed by atoms with van der Waals surface area (Å²) in [5.41, 5.74) is 0. The molecule has 0 aliphatic carbocycles. The third-order valence-corrected chi connectivity index (χ3v) is 3.28. The van der Waals surface area contributed by atoms with Crippen molar-refractivity contribution in [1.82, 2.24) is 0 Å².